The third kappa shape index (κ3) is 5.72. The Balaban J connectivity index is 1.89. The molecule has 1 amide bonds. The van der Waals surface area contributed by atoms with Crippen LogP contribution in [0.3, 0.4) is 0 Å². The van der Waals surface area contributed by atoms with Gasteiger partial charge in [0, 0.05) is 19.0 Å². The Kier molecular flexibility index (Phi) is 7.29. The topological polar surface area (TPSA) is 75.7 Å². The summed E-state index contributed by atoms with van der Waals surface area (Å²) in [5.74, 6) is 0.182. The zero-order valence-electron chi connectivity index (χ0n) is 15.8. The Morgan fingerprint density at radius 1 is 1.11 bits per heavy atom. The molecular weight excluding hydrogens is 384 g/mol. The van der Waals surface area contributed by atoms with Crippen molar-refractivity contribution in [3.63, 3.8) is 0 Å². The molecule has 146 valence electrons. The molecule has 0 saturated carbocycles. The highest BCUT2D eigenvalue weighted by Gasteiger charge is 2.17. The van der Waals surface area contributed by atoms with Crippen molar-refractivity contribution in [3.8, 4) is 5.75 Å². The normalized spacial score (nSPS) is 12.6. The molecule has 0 radical (unpaired) electrons. The zero-order valence-corrected chi connectivity index (χ0v) is 17.4. The molecule has 0 spiro atoms. The van der Waals surface area contributed by atoms with Crippen molar-refractivity contribution in [2.24, 2.45) is 0 Å². The fraction of sp³-hybridized carbons (Fsp3) is 0.316. The summed E-state index contributed by atoms with van der Waals surface area (Å²) in [5, 5.41) is 2.88. The minimum atomic E-state index is -3.48. The minimum absolute atomic E-state index is 0.135. The van der Waals surface area contributed by atoms with E-state index in [0.717, 1.165) is 9.87 Å². The van der Waals surface area contributed by atoms with Gasteiger partial charge in [0.1, 0.15) is 5.75 Å². The third-order valence-corrected chi connectivity index (χ3v) is 6.54. The van der Waals surface area contributed by atoms with Gasteiger partial charge in [-0.1, -0.05) is 12.1 Å². The highest BCUT2D eigenvalue weighted by molar-refractivity contribution is 7.98. The van der Waals surface area contributed by atoms with Gasteiger partial charge >= 0.3 is 0 Å². The van der Waals surface area contributed by atoms with E-state index in [9.17, 15) is 13.2 Å². The predicted octanol–water partition coefficient (Wildman–Crippen LogP) is 2.92. The van der Waals surface area contributed by atoms with E-state index in [4.69, 9.17) is 4.74 Å². The second-order valence-corrected chi connectivity index (χ2v) is 9.14. The second-order valence-electron chi connectivity index (χ2n) is 6.11. The summed E-state index contributed by atoms with van der Waals surface area (Å²) >= 11 is 1.67. The molecule has 0 fully saturated rings. The van der Waals surface area contributed by atoms with Crippen LogP contribution in [0, 0.1) is 0 Å². The van der Waals surface area contributed by atoms with Crippen molar-refractivity contribution < 1.29 is 17.9 Å². The number of thioether (sulfide) groups is 1. The van der Waals surface area contributed by atoms with E-state index in [1.54, 1.807) is 11.8 Å². The largest absolute Gasteiger partial charge is 0.484 e. The fourth-order valence-electron chi connectivity index (χ4n) is 2.33. The van der Waals surface area contributed by atoms with Crippen LogP contribution in [0.2, 0.25) is 0 Å². The Bertz CT molecular complexity index is 864. The van der Waals surface area contributed by atoms with Gasteiger partial charge in [0.2, 0.25) is 10.0 Å². The molecule has 2 rings (SSSR count). The molecule has 0 aliphatic rings. The first-order valence-corrected chi connectivity index (χ1v) is 11.0. The predicted molar refractivity (Wildman–Crippen MR) is 108 cm³/mol. The standard InChI is InChI=1S/C19H24N2O4S2/c1-14(15-5-9-17(26-4)10-6-15)20-19(22)13-25-16-7-11-18(12-8-16)27(23,24)21(2)3/h5-12,14H,13H2,1-4H3,(H,20,22). The summed E-state index contributed by atoms with van der Waals surface area (Å²) < 4.78 is 30.6. The van der Waals surface area contributed by atoms with Crippen molar-refractivity contribution in [1.29, 1.82) is 0 Å². The monoisotopic (exact) mass is 408 g/mol. The van der Waals surface area contributed by atoms with Gasteiger partial charge in [-0.25, -0.2) is 12.7 Å². The number of sulfonamides is 1. The summed E-state index contributed by atoms with van der Waals surface area (Å²) in [5.41, 5.74) is 1.01. The highest BCUT2D eigenvalue weighted by atomic mass is 32.2. The number of nitrogens with one attached hydrogen (secondary N) is 1. The molecule has 0 saturated heterocycles. The molecule has 1 N–H and O–H groups in total. The van der Waals surface area contributed by atoms with E-state index < -0.39 is 10.0 Å². The van der Waals surface area contributed by atoms with Crippen LogP contribution in [0.5, 0.6) is 5.75 Å². The van der Waals surface area contributed by atoms with Gasteiger partial charge in [0.15, 0.2) is 6.61 Å². The molecule has 0 aliphatic heterocycles. The van der Waals surface area contributed by atoms with Crippen LogP contribution < -0.4 is 10.1 Å². The van der Waals surface area contributed by atoms with Gasteiger partial charge in [-0.3, -0.25) is 4.79 Å². The molecule has 2 aromatic rings. The zero-order chi connectivity index (χ0) is 20.0. The lowest BCUT2D eigenvalue weighted by Gasteiger charge is -2.15. The van der Waals surface area contributed by atoms with Crippen molar-refractivity contribution in [3.05, 3.63) is 54.1 Å². The number of nitrogens with zero attached hydrogens (tertiary/aromatic N) is 1. The number of carbonyl (C=O) groups is 1. The molecule has 1 unspecified atom stereocenters. The number of hydrogen-bond donors (Lipinski definition) is 1. The number of hydrogen-bond acceptors (Lipinski definition) is 5. The molecule has 0 heterocycles. The number of ether oxygens (including phenoxy) is 1. The maximum absolute atomic E-state index is 12.1. The van der Waals surface area contributed by atoms with Crippen LogP contribution in [0.25, 0.3) is 0 Å². The fourth-order valence-corrected chi connectivity index (χ4v) is 3.64. The summed E-state index contributed by atoms with van der Waals surface area (Å²) in [7, 11) is -0.535. The summed E-state index contributed by atoms with van der Waals surface area (Å²) in [6, 6.07) is 13.9. The van der Waals surface area contributed by atoms with Crippen LogP contribution in [0.15, 0.2) is 58.3 Å². The number of rotatable bonds is 8. The number of carbonyl (C=O) groups excluding carboxylic acids is 1. The molecule has 8 heteroatoms. The summed E-state index contributed by atoms with van der Waals surface area (Å²) in [4.78, 5) is 13.4. The molecule has 0 aromatic heterocycles. The van der Waals surface area contributed by atoms with Gasteiger partial charge in [0.05, 0.1) is 10.9 Å². The third-order valence-electron chi connectivity index (χ3n) is 3.97. The van der Waals surface area contributed by atoms with Gasteiger partial charge in [-0.2, -0.15) is 0 Å². The first-order valence-electron chi connectivity index (χ1n) is 8.32. The van der Waals surface area contributed by atoms with E-state index in [1.165, 1.54) is 43.3 Å². The Morgan fingerprint density at radius 3 is 2.22 bits per heavy atom. The Morgan fingerprint density at radius 2 is 1.70 bits per heavy atom. The van der Waals surface area contributed by atoms with Gasteiger partial charge in [-0.15, -0.1) is 11.8 Å². The van der Waals surface area contributed by atoms with E-state index >= 15 is 0 Å². The lowest BCUT2D eigenvalue weighted by molar-refractivity contribution is -0.123. The average Bonchev–Trinajstić information content (AvgIpc) is 2.66. The maximum atomic E-state index is 12.1. The van der Waals surface area contributed by atoms with Crippen molar-refractivity contribution in [1.82, 2.24) is 9.62 Å². The molecule has 1 atom stereocenters. The average molecular weight is 409 g/mol. The maximum Gasteiger partial charge on any atom is 0.258 e. The molecule has 6 nitrogen and oxygen atoms in total. The van der Waals surface area contributed by atoms with Crippen molar-refractivity contribution >= 4 is 27.7 Å². The molecule has 2 aromatic carbocycles. The first kappa shape index (κ1) is 21.3. The molecule has 27 heavy (non-hydrogen) atoms. The van der Waals surface area contributed by atoms with Crippen LogP contribution >= 0.6 is 11.8 Å². The van der Waals surface area contributed by atoms with E-state index in [0.29, 0.717) is 5.75 Å². The van der Waals surface area contributed by atoms with Gasteiger partial charge in [-0.05, 0) is 55.1 Å². The van der Waals surface area contributed by atoms with Crippen LogP contribution in [0.4, 0.5) is 0 Å². The Labute approximate surface area is 165 Å². The highest BCUT2D eigenvalue weighted by Crippen LogP contribution is 2.20. The number of amides is 1. The Hall–Kier alpha value is -2.03. The first-order chi connectivity index (χ1) is 12.7. The number of benzene rings is 2. The van der Waals surface area contributed by atoms with Gasteiger partial charge in [0.25, 0.3) is 5.91 Å². The smallest absolute Gasteiger partial charge is 0.258 e. The van der Waals surface area contributed by atoms with Crippen molar-refractivity contribution in [2.75, 3.05) is 27.0 Å². The van der Waals surface area contributed by atoms with Crippen LogP contribution in [-0.4, -0.2) is 45.6 Å². The van der Waals surface area contributed by atoms with E-state index in [2.05, 4.69) is 5.32 Å². The quantitative estimate of drug-likeness (QED) is 0.680. The van der Waals surface area contributed by atoms with E-state index in [-0.39, 0.29) is 23.5 Å². The molecular formula is C19H24N2O4S2. The lowest BCUT2D eigenvalue weighted by Crippen LogP contribution is -2.31. The molecule has 0 aliphatic carbocycles. The SMILES string of the molecule is CSc1ccc(C(C)NC(=O)COc2ccc(S(=O)(=O)N(C)C)cc2)cc1. The summed E-state index contributed by atoms with van der Waals surface area (Å²) in [6.45, 7) is 1.76. The molecule has 0 bridgehead atoms. The van der Waals surface area contributed by atoms with E-state index in [1.807, 2.05) is 37.4 Å². The van der Waals surface area contributed by atoms with Gasteiger partial charge < -0.3 is 10.1 Å². The summed E-state index contributed by atoms with van der Waals surface area (Å²) in [6.07, 6.45) is 2.01. The second kappa shape index (κ2) is 9.25. The minimum Gasteiger partial charge on any atom is -0.484 e. The lowest BCUT2D eigenvalue weighted by atomic mass is 10.1. The van der Waals surface area contributed by atoms with Crippen LogP contribution in [0.1, 0.15) is 18.5 Å². The van der Waals surface area contributed by atoms with Crippen molar-refractivity contribution in [2.45, 2.75) is 22.8 Å². The van der Waals surface area contributed by atoms with Crippen LogP contribution in [-0.2, 0) is 14.8 Å².